The van der Waals surface area contributed by atoms with Gasteiger partial charge >= 0.3 is 0 Å². The highest BCUT2D eigenvalue weighted by atomic mass is 16.5. The number of ether oxygens (including phenoxy) is 2. The van der Waals surface area contributed by atoms with Crippen molar-refractivity contribution in [1.29, 1.82) is 0 Å². The van der Waals surface area contributed by atoms with Gasteiger partial charge in [0, 0.05) is 20.8 Å². The third kappa shape index (κ3) is 10.2. The third-order valence-corrected chi connectivity index (χ3v) is 2.53. The maximum Gasteiger partial charge on any atom is 0.0571 e. The first-order valence-electron chi connectivity index (χ1n) is 6.07. The van der Waals surface area contributed by atoms with Crippen molar-refractivity contribution < 1.29 is 9.47 Å². The van der Waals surface area contributed by atoms with E-state index in [0.717, 1.165) is 26.1 Å². The van der Waals surface area contributed by atoms with Crippen LogP contribution >= 0.6 is 0 Å². The van der Waals surface area contributed by atoms with Gasteiger partial charge in [-0.2, -0.15) is 0 Å². The number of rotatable bonds is 11. The van der Waals surface area contributed by atoms with Crippen LogP contribution in [-0.2, 0) is 9.47 Å². The van der Waals surface area contributed by atoms with Crippen LogP contribution in [0.4, 0.5) is 0 Å². The first kappa shape index (κ1) is 14.9. The molecule has 0 radical (unpaired) electrons. The van der Waals surface area contributed by atoms with Crippen molar-refractivity contribution in [3.8, 4) is 0 Å². The van der Waals surface area contributed by atoms with Gasteiger partial charge in [0.1, 0.15) is 0 Å². The molecule has 0 saturated heterocycles. The standard InChI is InChI=1S/C12H27NO2/c1-4-7-12(15-3)8-5-9-13-10-6-11-14-2/h12-13H,4-11H2,1-3H3. The zero-order chi connectivity index (χ0) is 11.4. The highest BCUT2D eigenvalue weighted by Gasteiger charge is 2.04. The SMILES string of the molecule is CCCC(CCCNCCCOC)OC. The number of hydrogen-bond donors (Lipinski definition) is 1. The lowest BCUT2D eigenvalue weighted by atomic mass is 10.1. The lowest BCUT2D eigenvalue weighted by Crippen LogP contribution is -2.20. The van der Waals surface area contributed by atoms with E-state index in [2.05, 4.69) is 12.2 Å². The van der Waals surface area contributed by atoms with Crippen LogP contribution in [0, 0.1) is 0 Å². The first-order chi connectivity index (χ1) is 7.35. The van der Waals surface area contributed by atoms with E-state index < -0.39 is 0 Å². The maximum absolute atomic E-state index is 5.39. The van der Waals surface area contributed by atoms with Gasteiger partial charge in [-0.15, -0.1) is 0 Å². The number of hydrogen-bond acceptors (Lipinski definition) is 3. The smallest absolute Gasteiger partial charge is 0.0571 e. The molecule has 1 atom stereocenters. The lowest BCUT2D eigenvalue weighted by molar-refractivity contribution is 0.0856. The van der Waals surface area contributed by atoms with Gasteiger partial charge < -0.3 is 14.8 Å². The summed E-state index contributed by atoms with van der Waals surface area (Å²) in [6.07, 6.45) is 6.31. The zero-order valence-electron chi connectivity index (χ0n) is 10.6. The van der Waals surface area contributed by atoms with Gasteiger partial charge in [-0.3, -0.25) is 0 Å². The Bertz CT molecular complexity index is 120. The largest absolute Gasteiger partial charge is 0.385 e. The van der Waals surface area contributed by atoms with Crippen LogP contribution in [-0.4, -0.2) is 40.0 Å². The van der Waals surface area contributed by atoms with Crippen molar-refractivity contribution in [2.45, 2.75) is 45.1 Å². The van der Waals surface area contributed by atoms with Crippen molar-refractivity contribution >= 4 is 0 Å². The summed E-state index contributed by atoms with van der Waals surface area (Å²) in [6, 6.07) is 0. The summed E-state index contributed by atoms with van der Waals surface area (Å²) >= 11 is 0. The third-order valence-electron chi connectivity index (χ3n) is 2.53. The average Bonchev–Trinajstić information content (AvgIpc) is 2.26. The summed E-state index contributed by atoms with van der Waals surface area (Å²) in [5, 5.41) is 3.41. The molecule has 1 N–H and O–H groups in total. The fraction of sp³-hybridized carbons (Fsp3) is 1.00. The van der Waals surface area contributed by atoms with Crippen LogP contribution in [0.25, 0.3) is 0 Å². The second-order valence-corrected chi connectivity index (χ2v) is 3.88. The van der Waals surface area contributed by atoms with Crippen LogP contribution in [0.5, 0.6) is 0 Å². The van der Waals surface area contributed by atoms with Gasteiger partial charge in [-0.05, 0) is 38.8 Å². The molecule has 0 aromatic rings. The Morgan fingerprint density at radius 1 is 1.07 bits per heavy atom. The van der Waals surface area contributed by atoms with Gasteiger partial charge in [0.15, 0.2) is 0 Å². The predicted molar refractivity (Wildman–Crippen MR) is 64.3 cm³/mol. The lowest BCUT2D eigenvalue weighted by Gasteiger charge is -2.14. The molecule has 0 amide bonds. The average molecular weight is 217 g/mol. The molecule has 0 aliphatic rings. The van der Waals surface area contributed by atoms with Gasteiger partial charge in [-0.1, -0.05) is 13.3 Å². The fourth-order valence-electron chi connectivity index (χ4n) is 1.62. The molecule has 0 rings (SSSR count). The minimum atomic E-state index is 0.454. The van der Waals surface area contributed by atoms with Crippen molar-refractivity contribution in [3.05, 3.63) is 0 Å². The molecule has 0 aromatic heterocycles. The molecule has 3 heteroatoms. The van der Waals surface area contributed by atoms with E-state index in [9.17, 15) is 0 Å². The van der Waals surface area contributed by atoms with E-state index >= 15 is 0 Å². The van der Waals surface area contributed by atoms with Crippen molar-refractivity contribution in [3.63, 3.8) is 0 Å². The number of methoxy groups -OCH3 is 2. The van der Waals surface area contributed by atoms with E-state index in [0.29, 0.717) is 6.10 Å². The van der Waals surface area contributed by atoms with Gasteiger partial charge in [0.2, 0.25) is 0 Å². The minimum Gasteiger partial charge on any atom is -0.385 e. The Morgan fingerprint density at radius 3 is 2.40 bits per heavy atom. The molecular weight excluding hydrogens is 190 g/mol. The first-order valence-corrected chi connectivity index (χ1v) is 6.07. The highest BCUT2D eigenvalue weighted by Crippen LogP contribution is 2.07. The Kier molecular flexibility index (Phi) is 11.9. The molecule has 0 aliphatic carbocycles. The highest BCUT2D eigenvalue weighted by molar-refractivity contribution is 4.58. The molecule has 92 valence electrons. The molecule has 0 bridgehead atoms. The molecule has 15 heavy (non-hydrogen) atoms. The van der Waals surface area contributed by atoms with Gasteiger partial charge in [0.05, 0.1) is 6.10 Å². The topological polar surface area (TPSA) is 30.5 Å². The Morgan fingerprint density at radius 2 is 1.80 bits per heavy atom. The van der Waals surface area contributed by atoms with Gasteiger partial charge in [0.25, 0.3) is 0 Å². The molecule has 0 aromatic carbocycles. The summed E-state index contributed by atoms with van der Waals surface area (Å²) in [5.41, 5.74) is 0. The van der Waals surface area contributed by atoms with Crippen molar-refractivity contribution in [2.75, 3.05) is 33.9 Å². The van der Waals surface area contributed by atoms with E-state index in [1.807, 2.05) is 7.11 Å². The Labute approximate surface area is 94.5 Å². The molecule has 0 saturated carbocycles. The minimum absolute atomic E-state index is 0.454. The van der Waals surface area contributed by atoms with Crippen LogP contribution in [0.15, 0.2) is 0 Å². The summed E-state index contributed by atoms with van der Waals surface area (Å²) in [7, 11) is 3.56. The normalized spacial score (nSPS) is 13.0. The quantitative estimate of drug-likeness (QED) is 0.538. The zero-order valence-corrected chi connectivity index (χ0v) is 10.6. The van der Waals surface area contributed by atoms with Crippen molar-refractivity contribution in [1.82, 2.24) is 5.32 Å². The van der Waals surface area contributed by atoms with Crippen molar-refractivity contribution in [2.24, 2.45) is 0 Å². The summed E-state index contributed by atoms with van der Waals surface area (Å²) in [6.45, 7) is 5.20. The molecule has 1 unspecified atom stereocenters. The Hall–Kier alpha value is -0.120. The second kappa shape index (κ2) is 12.0. The van der Waals surface area contributed by atoms with E-state index in [4.69, 9.17) is 9.47 Å². The molecule has 0 spiro atoms. The molecule has 0 fully saturated rings. The van der Waals surface area contributed by atoms with Crippen LogP contribution in [0.3, 0.4) is 0 Å². The maximum atomic E-state index is 5.39. The fourth-order valence-corrected chi connectivity index (χ4v) is 1.62. The van der Waals surface area contributed by atoms with Crippen LogP contribution in [0.1, 0.15) is 39.0 Å². The predicted octanol–water partition coefficient (Wildman–Crippen LogP) is 2.21. The van der Waals surface area contributed by atoms with Gasteiger partial charge in [-0.25, -0.2) is 0 Å². The summed E-state index contributed by atoms with van der Waals surface area (Å²) in [4.78, 5) is 0. The van der Waals surface area contributed by atoms with E-state index in [-0.39, 0.29) is 0 Å². The second-order valence-electron chi connectivity index (χ2n) is 3.88. The van der Waals surface area contributed by atoms with Crippen LogP contribution in [0.2, 0.25) is 0 Å². The summed E-state index contributed by atoms with van der Waals surface area (Å²) < 4.78 is 10.4. The summed E-state index contributed by atoms with van der Waals surface area (Å²) in [5.74, 6) is 0. The van der Waals surface area contributed by atoms with Crippen LogP contribution < -0.4 is 5.32 Å². The molecule has 0 heterocycles. The molecule has 3 nitrogen and oxygen atoms in total. The molecule has 0 aliphatic heterocycles. The monoisotopic (exact) mass is 217 g/mol. The Balaban J connectivity index is 3.14. The van der Waals surface area contributed by atoms with E-state index in [1.165, 1.54) is 25.7 Å². The molecular formula is C12H27NO2. The van der Waals surface area contributed by atoms with E-state index in [1.54, 1.807) is 7.11 Å². The number of nitrogens with one attached hydrogen (secondary N) is 1.